The fourth-order valence-corrected chi connectivity index (χ4v) is 2.19. The first-order chi connectivity index (χ1) is 11.0. The number of benzene rings is 2. The molecule has 0 fully saturated rings. The van der Waals surface area contributed by atoms with Crippen LogP contribution in [0.1, 0.15) is 17.3 Å². The van der Waals surface area contributed by atoms with E-state index in [4.69, 9.17) is 22.1 Å². The van der Waals surface area contributed by atoms with E-state index in [0.29, 0.717) is 11.6 Å². The fourth-order valence-electron chi connectivity index (χ4n) is 2.07. The van der Waals surface area contributed by atoms with Gasteiger partial charge in [0.1, 0.15) is 0 Å². The first-order valence-corrected chi connectivity index (χ1v) is 7.48. The molecule has 0 unspecified atom stereocenters. The number of rotatable bonds is 5. The van der Waals surface area contributed by atoms with Crippen LogP contribution >= 0.6 is 11.6 Å². The second-order valence-corrected chi connectivity index (χ2v) is 5.19. The molecular weight excluding hydrogens is 316 g/mol. The lowest BCUT2D eigenvalue weighted by atomic mass is 10.2. The van der Waals surface area contributed by atoms with Gasteiger partial charge >= 0.3 is 5.97 Å². The monoisotopic (exact) mass is 332 g/mol. The molecule has 2 aromatic carbocycles. The molecule has 0 aliphatic rings. The highest BCUT2D eigenvalue weighted by Crippen LogP contribution is 2.20. The number of carbonyl (C=O) groups is 2. The molecule has 120 valence electrons. The van der Waals surface area contributed by atoms with Crippen molar-refractivity contribution in [3.05, 3.63) is 59.1 Å². The normalized spacial score (nSPS) is 10.2. The number of amides is 1. The summed E-state index contributed by atoms with van der Waals surface area (Å²) in [5, 5.41) is 0.360. The minimum Gasteiger partial charge on any atom is -0.452 e. The molecule has 2 N–H and O–H groups in total. The average Bonchev–Trinajstić information content (AvgIpc) is 2.57. The standard InChI is InChI=1S/C17H17ClN2O3/c1-2-20(13-6-4-3-5-7-13)16(21)11-23-17(22)12-8-9-14(18)15(19)10-12/h3-10H,2,11,19H2,1H3. The van der Waals surface area contributed by atoms with E-state index in [2.05, 4.69) is 0 Å². The molecule has 0 aliphatic carbocycles. The van der Waals surface area contributed by atoms with E-state index in [0.717, 1.165) is 5.69 Å². The van der Waals surface area contributed by atoms with Gasteiger partial charge in [-0.2, -0.15) is 0 Å². The summed E-state index contributed by atoms with van der Waals surface area (Å²) < 4.78 is 5.06. The van der Waals surface area contributed by atoms with Crippen molar-refractivity contribution in [2.45, 2.75) is 6.92 Å². The van der Waals surface area contributed by atoms with Gasteiger partial charge in [-0.05, 0) is 37.3 Å². The van der Waals surface area contributed by atoms with Crippen LogP contribution in [0.5, 0.6) is 0 Å². The number of carbonyl (C=O) groups excluding carboxylic acids is 2. The number of para-hydroxylation sites is 1. The Morgan fingerprint density at radius 2 is 1.87 bits per heavy atom. The molecule has 0 saturated carbocycles. The molecule has 5 nitrogen and oxygen atoms in total. The van der Waals surface area contributed by atoms with E-state index in [9.17, 15) is 9.59 Å². The molecule has 0 saturated heterocycles. The summed E-state index contributed by atoms with van der Waals surface area (Å²) in [6, 6.07) is 13.6. The van der Waals surface area contributed by atoms with Crippen LogP contribution in [-0.4, -0.2) is 25.0 Å². The Bertz CT molecular complexity index is 704. The van der Waals surface area contributed by atoms with Crippen LogP contribution in [-0.2, 0) is 9.53 Å². The molecule has 0 atom stereocenters. The fraction of sp³-hybridized carbons (Fsp3) is 0.176. The highest BCUT2D eigenvalue weighted by Gasteiger charge is 2.17. The zero-order valence-electron chi connectivity index (χ0n) is 12.7. The number of nitrogens with zero attached hydrogens (tertiary/aromatic N) is 1. The lowest BCUT2D eigenvalue weighted by Crippen LogP contribution is -2.34. The largest absolute Gasteiger partial charge is 0.452 e. The molecule has 2 rings (SSSR count). The number of esters is 1. The van der Waals surface area contributed by atoms with Crippen molar-refractivity contribution in [2.24, 2.45) is 0 Å². The Hall–Kier alpha value is -2.53. The minimum atomic E-state index is -0.620. The summed E-state index contributed by atoms with van der Waals surface area (Å²) in [6.07, 6.45) is 0. The van der Waals surface area contributed by atoms with Gasteiger partial charge in [-0.15, -0.1) is 0 Å². The maximum atomic E-state index is 12.2. The lowest BCUT2D eigenvalue weighted by molar-refractivity contribution is -0.121. The summed E-state index contributed by atoms with van der Waals surface area (Å²) in [6.45, 7) is 1.99. The Morgan fingerprint density at radius 3 is 2.48 bits per heavy atom. The van der Waals surface area contributed by atoms with Gasteiger partial charge in [0.25, 0.3) is 5.91 Å². The number of likely N-dealkylation sites (N-methyl/N-ethyl adjacent to an activating group) is 1. The number of hydrogen-bond acceptors (Lipinski definition) is 4. The van der Waals surface area contributed by atoms with Crippen LogP contribution in [0, 0.1) is 0 Å². The second-order valence-electron chi connectivity index (χ2n) is 4.79. The SMILES string of the molecule is CCN(C(=O)COC(=O)c1ccc(Cl)c(N)c1)c1ccccc1. The summed E-state index contributed by atoms with van der Waals surface area (Å²) >= 11 is 5.80. The van der Waals surface area contributed by atoms with E-state index in [1.54, 1.807) is 4.90 Å². The number of hydrogen-bond donors (Lipinski definition) is 1. The third-order valence-corrected chi connectivity index (χ3v) is 3.59. The van der Waals surface area contributed by atoms with Crippen molar-refractivity contribution in [1.82, 2.24) is 0 Å². The molecule has 0 aliphatic heterocycles. The van der Waals surface area contributed by atoms with Gasteiger partial charge in [-0.3, -0.25) is 4.79 Å². The average molecular weight is 333 g/mol. The molecule has 0 spiro atoms. The van der Waals surface area contributed by atoms with Crippen molar-refractivity contribution >= 4 is 34.9 Å². The van der Waals surface area contributed by atoms with E-state index < -0.39 is 5.97 Å². The van der Waals surface area contributed by atoms with Gasteiger partial charge in [0.15, 0.2) is 6.61 Å². The number of anilines is 2. The minimum absolute atomic E-state index is 0.252. The maximum Gasteiger partial charge on any atom is 0.338 e. The van der Waals surface area contributed by atoms with Crippen LogP contribution in [0.15, 0.2) is 48.5 Å². The predicted molar refractivity (Wildman–Crippen MR) is 90.6 cm³/mol. The van der Waals surface area contributed by atoms with Gasteiger partial charge in [0.05, 0.1) is 16.3 Å². The Balaban J connectivity index is 2.00. The Morgan fingerprint density at radius 1 is 1.17 bits per heavy atom. The van der Waals surface area contributed by atoms with Gasteiger partial charge in [0, 0.05) is 12.2 Å². The molecule has 0 radical (unpaired) electrons. The van der Waals surface area contributed by atoms with E-state index >= 15 is 0 Å². The maximum absolute atomic E-state index is 12.2. The summed E-state index contributed by atoms with van der Waals surface area (Å²) in [4.78, 5) is 25.7. The topological polar surface area (TPSA) is 72.6 Å². The van der Waals surface area contributed by atoms with Gasteiger partial charge in [0.2, 0.25) is 0 Å². The molecule has 0 bridgehead atoms. The number of ether oxygens (including phenoxy) is 1. The predicted octanol–water partition coefficient (Wildman–Crippen LogP) is 3.13. The van der Waals surface area contributed by atoms with Crippen molar-refractivity contribution in [2.75, 3.05) is 23.8 Å². The zero-order valence-corrected chi connectivity index (χ0v) is 13.4. The molecule has 2 aromatic rings. The van der Waals surface area contributed by atoms with Crippen LogP contribution in [0.2, 0.25) is 5.02 Å². The summed E-state index contributed by atoms with van der Waals surface area (Å²) in [5.74, 6) is -0.917. The highest BCUT2D eigenvalue weighted by atomic mass is 35.5. The molecular formula is C17H17ClN2O3. The molecule has 6 heteroatoms. The number of nitrogens with two attached hydrogens (primary N) is 1. The zero-order chi connectivity index (χ0) is 16.8. The lowest BCUT2D eigenvalue weighted by Gasteiger charge is -2.20. The molecule has 23 heavy (non-hydrogen) atoms. The Labute approximate surface area is 139 Å². The van der Waals surface area contributed by atoms with E-state index in [-0.39, 0.29) is 23.8 Å². The van der Waals surface area contributed by atoms with Crippen LogP contribution < -0.4 is 10.6 Å². The first-order valence-electron chi connectivity index (χ1n) is 7.10. The molecule has 0 aromatic heterocycles. The smallest absolute Gasteiger partial charge is 0.338 e. The molecule has 1 amide bonds. The van der Waals surface area contributed by atoms with Crippen molar-refractivity contribution in [3.63, 3.8) is 0 Å². The van der Waals surface area contributed by atoms with Crippen molar-refractivity contribution in [3.8, 4) is 0 Å². The van der Waals surface area contributed by atoms with Crippen molar-refractivity contribution in [1.29, 1.82) is 0 Å². The molecule has 0 heterocycles. The summed E-state index contributed by atoms with van der Waals surface area (Å²) in [7, 11) is 0. The third-order valence-electron chi connectivity index (χ3n) is 3.24. The number of nitrogen functional groups attached to an aromatic ring is 1. The first kappa shape index (κ1) is 16.8. The Kier molecular flexibility index (Phi) is 5.60. The van der Waals surface area contributed by atoms with Crippen molar-refractivity contribution < 1.29 is 14.3 Å². The number of halogens is 1. The van der Waals surface area contributed by atoms with E-state index in [1.807, 2.05) is 37.3 Å². The second kappa shape index (κ2) is 7.65. The van der Waals surface area contributed by atoms with Gasteiger partial charge < -0.3 is 15.4 Å². The van der Waals surface area contributed by atoms with Crippen LogP contribution in [0.25, 0.3) is 0 Å². The quantitative estimate of drug-likeness (QED) is 0.674. The van der Waals surface area contributed by atoms with Crippen LogP contribution in [0.3, 0.4) is 0 Å². The van der Waals surface area contributed by atoms with Crippen LogP contribution in [0.4, 0.5) is 11.4 Å². The van der Waals surface area contributed by atoms with E-state index in [1.165, 1.54) is 18.2 Å². The highest BCUT2D eigenvalue weighted by molar-refractivity contribution is 6.33. The third kappa shape index (κ3) is 4.23. The van der Waals surface area contributed by atoms with Gasteiger partial charge in [-0.25, -0.2) is 4.79 Å². The summed E-state index contributed by atoms with van der Waals surface area (Å²) in [5.41, 5.74) is 6.94. The van der Waals surface area contributed by atoms with Gasteiger partial charge in [-0.1, -0.05) is 29.8 Å².